The first-order chi connectivity index (χ1) is 32.2. The first-order valence-electron chi connectivity index (χ1n) is 22.4. The van der Waals surface area contributed by atoms with Gasteiger partial charge in [-0.3, -0.25) is 0 Å². The van der Waals surface area contributed by atoms with Gasteiger partial charge in [0, 0.05) is 59.6 Å². The molecule has 2 aliphatic rings. The molecule has 0 aliphatic carbocycles. The van der Waals surface area contributed by atoms with E-state index >= 15 is 0 Å². The number of likely N-dealkylation sites (tertiary alicyclic amines) is 1. The van der Waals surface area contributed by atoms with Crippen LogP contribution in [0.2, 0.25) is 5.02 Å². The molecule has 68 heavy (non-hydrogen) atoms. The number of hydrogen-bond donors (Lipinski definition) is 3. The number of benzene rings is 5. The average Bonchev–Trinajstić information content (AvgIpc) is 3.78. The highest BCUT2D eigenvalue weighted by Gasteiger charge is 2.48. The van der Waals surface area contributed by atoms with E-state index in [0.29, 0.717) is 49.1 Å². The fourth-order valence-corrected chi connectivity index (χ4v) is 11.8. The predicted molar refractivity (Wildman–Crippen MR) is 262 cm³/mol. The van der Waals surface area contributed by atoms with Crippen LogP contribution in [0.4, 0.5) is 29.3 Å². The van der Waals surface area contributed by atoms with Crippen LogP contribution in [-0.2, 0) is 31.1 Å². The summed E-state index contributed by atoms with van der Waals surface area (Å²) in [6.45, 7) is 6.82. The number of carbonyl (C=O) groups excluding carboxylic acids is 1. The Hall–Kier alpha value is -4.78. The maximum Gasteiger partial charge on any atom is 0.501 e. The van der Waals surface area contributed by atoms with Crippen molar-refractivity contribution in [2.75, 3.05) is 35.6 Å². The number of thioether (sulfide) groups is 1. The number of piperidine rings is 1. The van der Waals surface area contributed by atoms with E-state index in [4.69, 9.17) is 16.3 Å². The molecule has 3 N–H and O–H groups in total. The Morgan fingerprint density at radius 2 is 1.51 bits per heavy atom. The van der Waals surface area contributed by atoms with Crippen LogP contribution < -0.4 is 14.9 Å². The van der Waals surface area contributed by atoms with Crippen LogP contribution in [0.15, 0.2) is 136 Å². The Balaban J connectivity index is 1.03. The molecule has 364 valence electrons. The second kappa shape index (κ2) is 21.5. The van der Waals surface area contributed by atoms with Gasteiger partial charge in [-0.1, -0.05) is 78.3 Å². The van der Waals surface area contributed by atoms with E-state index in [-0.39, 0.29) is 30.7 Å². The zero-order chi connectivity index (χ0) is 48.9. The van der Waals surface area contributed by atoms with Crippen LogP contribution >= 0.6 is 23.4 Å². The van der Waals surface area contributed by atoms with Gasteiger partial charge >= 0.3 is 11.6 Å². The van der Waals surface area contributed by atoms with E-state index in [0.717, 1.165) is 52.2 Å². The molecule has 0 bridgehead atoms. The molecule has 0 saturated carbocycles. The lowest BCUT2D eigenvalue weighted by Gasteiger charge is -2.36. The standard InChI is InChI=1S/C50H56ClF3N4O7S3/c1-49(2,3)65-48(60)58-27-9-10-40(58)30-38(33-66-41-11-5-4-6-12-41)56-45-24-23-42(31-46(45)67(61,62)50(52,53)54)68(63,64)55-32-34-15-21-39(22-16-34)57-28-25-36(26-29-57)47(59)44-14-8-7-13-43(44)35-17-19-37(51)20-18-35/h4-8,11-24,31,36,38,40,47,55-56,59H,9-10,25-30,32-33H2,1-3H3/t38-,40-,47-/m1/s1. The zero-order valence-corrected chi connectivity index (χ0v) is 41.2. The van der Waals surface area contributed by atoms with Crippen molar-refractivity contribution in [3.8, 4) is 11.1 Å². The third kappa shape index (κ3) is 12.7. The van der Waals surface area contributed by atoms with Crippen LogP contribution in [0.25, 0.3) is 11.1 Å². The molecule has 1 amide bonds. The lowest BCUT2D eigenvalue weighted by Crippen LogP contribution is -2.42. The van der Waals surface area contributed by atoms with E-state index < -0.39 is 64.7 Å². The summed E-state index contributed by atoms with van der Waals surface area (Å²) < 4.78 is 105. The maximum atomic E-state index is 14.3. The van der Waals surface area contributed by atoms with E-state index in [2.05, 4.69) is 14.9 Å². The Bertz CT molecular complexity index is 2740. The molecule has 7 rings (SSSR count). The third-order valence-electron chi connectivity index (χ3n) is 12.2. The number of anilines is 2. The summed E-state index contributed by atoms with van der Waals surface area (Å²) in [5, 5.41) is 15.2. The minimum Gasteiger partial charge on any atom is -0.444 e. The monoisotopic (exact) mass is 1010 g/mol. The number of alkyl halides is 3. The highest BCUT2D eigenvalue weighted by molar-refractivity contribution is 7.99. The first-order valence-corrected chi connectivity index (χ1v) is 26.8. The van der Waals surface area contributed by atoms with Gasteiger partial charge in [0.1, 0.15) is 10.5 Å². The third-order valence-corrected chi connectivity index (χ3v) is 16.5. The Morgan fingerprint density at radius 3 is 2.18 bits per heavy atom. The van der Waals surface area contributed by atoms with Crippen molar-refractivity contribution in [1.29, 1.82) is 0 Å². The van der Waals surface area contributed by atoms with Crippen LogP contribution in [-0.4, -0.2) is 81.5 Å². The average molecular weight is 1010 g/mol. The molecule has 0 spiro atoms. The summed E-state index contributed by atoms with van der Waals surface area (Å²) in [5.74, 6) is 0.301. The van der Waals surface area contributed by atoms with Crippen molar-refractivity contribution in [2.24, 2.45) is 5.92 Å². The lowest BCUT2D eigenvalue weighted by atomic mass is 9.84. The van der Waals surface area contributed by atoms with Gasteiger partial charge in [-0.05, 0) is 136 Å². The van der Waals surface area contributed by atoms with E-state index in [1.165, 1.54) is 11.8 Å². The Kier molecular flexibility index (Phi) is 16.1. The highest BCUT2D eigenvalue weighted by Crippen LogP contribution is 2.39. The maximum absolute atomic E-state index is 14.3. The minimum atomic E-state index is -6.06. The SMILES string of the molecule is CC(C)(C)OC(=O)N1CCC[C@@H]1C[C@H](CSc1ccccc1)Nc1ccc(S(=O)(=O)NCc2ccc(N3CCC([C@@H](O)c4ccccc4-c4ccc(Cl)cc4)CC3)cc2)cc1S(=O)(=O)C(F)(F)F. The number of halogens is 4. The Morgan fingerprint density at radius 1 is 0.853 bits per heavy atom. The number of nitrogens with zero attached hydrogens (tertiary/aromatic N) is 2. The smallest absolute Gasteiger partial charge is 0.444 e. The summed E-state index contributed by atoms with van der Waals surface area (Å²) in [5.41, 5.74) is -2.67. The number of hydrogen-bond acceptors (Lipinski definition) is 10. The van der Waals surface area contributed by atoms with Crippen molar-refractivity contribution in [3.05, 3.63) is 137 Å². The molecule has 0 radical (unpaired) electrons. The number of ether oxygens (including phenoxy) is 1. The van der Waals surface area contributed by atoms with E-state index in [9.17, 15) is 39.9 Å². The van der Waals surface area contributed by atoms with Crippen molar-refractivity contribution in [3.63, 3.8) is 0 Å². The number of sulfonamides is 1. The summed E-state index contributed by atoms with van der Waals surface area (Å²) in [7, 11) is -10.6. The minimum absolute atomic E-state index is 0.0265. The number of aliphatic hydroxyl groups excluding tert-OH is 1. The van der Waals surface area contributed by atoms with Gasteiger partial charge in [-0.2, -0.15) is 13.2 Å². The number of sulfone groups is 1. The fraction of sp³-hybridized carbons (Fsp3) is 0.380. The van der Waals surface area contributed by atoms with Crippen molar-refractivity contribution < 1.29 is 44.6 Å². The molecule has 3 atom stereocenters. The first kappa shape index (κ1) is 51.1. The number of amides is 1. The fourth-order valence-electron chi connectivity index (χ4n) is 8.67. The highest BCUT2D eigenvalue weighted by atomic mass is 35.5. The van der Waals surface area contributed by atoms with Crippen LogP contribution in [0.3, 0.4) is 0 Å². The van der Waals surface area contributed by atoms with Crippen molar-refractivity contribution in [1.82, 2.24) is 9.62 Å². The normalized spacial score (nSPS) is 17.2. The molecule has 0 aromatic heterocycles. The number of carbonyl (C=O) groups is 1. The molecule has 11 nitrogen and oxygen atoms in total. The summed E-state index contributed by atoms with van der Waals surface area (Å²) in [6, 6.07) is 33.4. The van der Waals surface area contributed by atoms with Gasteiger partial charge in [-0.25, -0.2) is 26.4 Å². The zero-order valence-electron chi connectivity index (χ0n) is 38.0. The van der Waals surface area contributed by atoms with Crippen LogP contribution in [0.5, 0.6) is 0 Å². The van der Waals surface area contributed by atoms with E-state index in [1.807, 2.05) is 91.0 Å². The van der Waals surface area contributed by atoms with Crippen molar-refractivity contribution in [2.45, 2.75) is 103 Å². The molecule has 2 heterocycles. The molecule has 0 unspecified atom stereocenters. The Labute approximate surface area is 406 Å². The largest absolute Gasteiger partial charge is 0.501 e. The van der Waals surface area contributed by atoms with Crippen LogP contribution in [0.1, 0.15) is 70.1 Å². The van der Waals surface area contributed by atoms with Gasteiger partial charge in [0.05, 0.1) is 16.7 Å². The molecule has 5 aromatic rings. The predicted octanol–water partition coefficient (Wildman–Crippen LogP) is 11.1. The summed E-state index contributed by atoms with van der Waals surface area (Å²) in [4.78, 5) is 15.9. The van der Waals surface area contributed by atoms with Gasteiger partial charge in [0.25, 0.3) is 9.84 Å². The second-order valence-electron chi connectivity index (χ2n) is 18.1. The van der Waals surface area contributed by atoms with Gasteiger partial charge < -0.3 is 25.0 Å². The molecule has 2 fully saturated rings. The van der Waals surface area contributed by atoms with Crippen LogP contribution in [0, 0.1) is 5.92 Å². The number of rotatable bonds is 16. The summed E-state index contributed by atoms with van der Waals surface area (Å²) in [6.07, 6.45) is 1.80. The molecule has 2 aliphatic heterocycles. The molecule has 5 aromatic carbocycles. The second-order valence-corrected chi connectivity index (χ2v) is 23.3. The topological polar surface area (TPSA) is 145 Å². The molecular weight excluding hydrogens is 957 g/mol. The van der Waals surface area contributed by atoms with Gasteiger partial charge in [0.2, 0.25) is 10.0 Å². The number of nitrogens with one attached hydrogen (secondary N) is 2. The van der Waals surface area contributed by atoms with Gasteiger partial charge in [0.15, 0.2) is 0 Å². The molecule has 2 saturated heterocycles. The van der Waals surface area contributed by atoms with Crippen molar-refractivity contribution >= 4 is 60.7 Å². The molecule has 18 heteroatoms. The number of aliphatic hydroxyl groups is 1. The summed E-state index contributed by atoms with van der Waals surface area (Å²) >= 11 is 7.51. The lowest BCUT2D eigenvalue weighted by molar-refractivity contribution is -0.0436. The quantitative estimate of drug-likeness (QED) is 0.0817. The van der Waals surface area contributed by atoms with E-state index in [1.54, 1.807) is 37.8 Å². The molecular formula is C50H56ClF3N4O7S3. The van der Waals surface area contributed by atoms with Gasteiger partial charge in [-0.15, -0.1) is 11.8 Å².